The average molecular weight is 303 g/mol. The van der Waals surface area contributed by atoms with Crippen molar-refractivity contribution in [3.8, 4) is 5.88 Å². The molecule has 6 nitrogen and oxygen atoms in total. The van der Waals surface area contributed by atoms with Gasteiger partial charge in [0.05, 0.1) is 29.9 Å². The standard InChI is InChI=1S/C16H17NO5/c1-4-21-15(19)10-6-7-11(16(20)22-5-2)13-12(10)8-9(3)14(18)17-13/h6-8H,4-5H2,1-3H3,(H,17,18). The summed E-state index contributed by atoms with van der Waals surface area (Å²) < 4.78 is 9.99. The van der Waals surface area contributed by atoms with Crippen LogP contribution in [0.2, 0.25) is 0 Å². The molecule has 2 aromatic rings. The number of fused-ring (bicyclic) bond motifs is 1. The maximum atomic E-state index is 12.0. The molecule has 1 N–H and O–H groups in total. The first-order valence-corrected chi connectivity index (χ1v) is 6.97. The highest BCUT2D eigenvalue weighted by Crippen LogP contribution is 2.27. The number of benzene rings is 1. The molecular weight excluding hydrogens is 286 g/mol. The molecule has 1 aromatic heterocycles. The van der Waals surface area contributed by atoms with Crippen LogP contribution in [-0.2, 0) is 9.47 Å². The molecule has 0 bridgehead atoms. The van der Waals surface area contributed by atoms with Crippen molar-refractivity contribution in [2.24, 2.45) is 0 Å². The highest BCUT2D eigenvalue weighted by molar-refractivity contribution is 6.10. The van der Waals surface area contributed by atoms with E-state index in [0.717, 1.165) is 0 Å². The molecule has 0 aliphatic heterocycles. The lowest BCUT2D eigenvalue weighted by atomic mass is 10.0. The van der Waals surface area contributed by atoms with E-state index >= 15 is 0 Å². The summed E-state index contributed by atoms with van der Waals surface area (Å²) in [5.41, 5.74) is 1.20. The molecule has 0 radical (unpaired) electrons. The van der Waals surface area contributed by atoms with Crippen molar-refractivity contribution in [3.63, 3.8) is 0 Å². The summed E-state index contributed by atoms with van der Waals surface area (Å²) in [6, 6.07) is 4.56. The summed E-state index contributed by atoms with van der Waals surface area (Å²) in [6.07, 6.45) is 0. The third kappa shape index (κ3) is 2.86. The number of nitrogens with zero attached hydrogens (tertiary/aromatic N) is 1. The molecule has 0 unspecified atom stereocenters. The van der Waals surface area contributed by atoms with Crippen molar-refractivity contribution in [2.45, 2.75) is 20.8 Å². The minimum absolute atomic E-state index is 0.195. The number of pyridine rings is 1. The summed E-state index contributed by atoms with van der Waals surface area (Å²) in [5.74, 6) is -1.26. The number of aromatic hydroxyl groups is 1. The predicted molar refractivity (Wildman–Crippen MR) is 80.1 cm³/mol. The van der Waals surface area contributed by atoms with Gasteiger partial charge in [-0.05, 0) is 39.0 Å². The van der Waals surface area contributed by atoms with Crippen molar-refractivity contribution in [3.05, 3.63) is 34.9 Å². The van der Waals surface area contributed by atoms with Crippen LogP contribution < -0.4 is 0 Å². The van der Waals surface area contributed by atoms with E-state index in [1.165, 1.54) is 12.1 Å². The summed E-state index contributed by atoms with van der Waals surface area (Å²) in [4.78, 5) is 28.1. The topological polar surface area (TPSA) is 85.7 Å². The molecule has 1 aromatic carbocycles. The van der Waals surface area contributed by atoms with Crippen molar-refractivity contribution in [1.82, 2.24) is 4.98 Å². The Labute approximate surface area is 127 Å². The SMILES string of the molecule is CCOC(=O)c1ccc(C(=O)OCC)c2nc(O)c(C)cc12. The zero-order chi connectivity index (χ0) is 16.3. The molecule has 0 spiro atoms. The number of rotatable bonds is 4. The van der Waals surface area contributed by atoms with E-state index in [1.807, 2.05) is 0 Å². The van der Waals surface area contributed by atoms with Crippen LogP contribution in [0.1, 0.15) is 40.1 Å². The fraction of sp³-hybridized carbons (Fsp3) is 0.312. The molecule has 0 saturated carbocycles. The van der Waals surface area contributed by atoms with E-state index in [0.29, 0.717) is 16.5 Å². The molecule has 1 heterocycles. The van der Waals surface area contributed by atoms with Gasteiger partial charge in [0.15, 0.2) is 0 Å². The van der Waals surface area contributed by atoms with Gasteiger partial charge in [0.1, 0.15) is 0 Å². The number of ether oxygens (including phenoxy) is 2. The Morgan fingerprint density at radius 2 is 1.64 bits per heavy atom. The third-order valence-electron chi connectivity index (χ3n) is 3.14. The lowest BCUT2D eigenvalue weighted by Crippen LogP contribution is -2.10. The molecule has 0 atom stereocenters. The van der Waals surface area contributed by atoms with E-state index in [2.05, 4.69) is 4.98 Å². The van der Waals surface area contributed by atoms with E-state index < -0.39 is 11.9 Å². The number of aryl methyl sites for hydroxylation is 1. The monoisotopic (exact) mass is 303 g/mol. The lowest BCUT2D eigenvalue weighted by Gasteiger charge is -2.11. The highest BCUT2D eigenvalue weighted by atomic mass is 16.5. The Balaban J connectivity index is 2.71. The number of hydrogen-bond acceptors (Lipinski definition) is 6. The second-order valence-electron chi connectivity index (χ2n) is 4.63. The normalized spacial score (nSPS) is 10.5. The molecular formula is C16H17NO5. The molecule has 0 aliphatic rings. The first-order valence-electron chi connectivity index (χ1n) is 6.97. The van der Waals surface area contributed by atoms with Gasteiger partial charge in [0, 0.05) is 10.9 Å². The predicted octanol–water partition coefficient (Wildman–Crippen LogP) is 2.60. The van der Waals surface area contributed by atoms with Crippen molar-refractivity contribution >= 4 is 22.8 Å². The number of carbonyl (C=O) groups is 2. The fourth-order valence-electron chi connectivity index (χ4n) is 2.11. The van der Waals surface area contributed by atoms with Crippen LogP contribution in [0.15, 0.2) is 18.2 Å². The molecule has 0 fully saturated rings. The van der Waals surface area contributed by atoms with Crippen LogP contribution in [0.4, 0.5) is 0 Å². The maximum Gasteiger partial charge on any atom is 0.340 e. The Kier molecular flexibility index (Phi) is 4.60. The number of aromatic nitrogens is 1. The third-order valence-corrected chi connectivity index (χ3v) is 3.14. The Bertz CT molecular complexity index is 676. The molecule has 116 valence electrons. The van der Waals surface area contributed by atoms with Gasteiger partial charge in [-0.25, -0.2) is 14.6 Å². The molecule has 6 heteroatoms. The van der Waals surface area contributed by atoms with Gasteiger partial charge in [-0.2, -0.15) is 0 Å². The van der Waals surface area contributed by atoms with Gasteiger partial charge >= 0.3 is 11.9 Å². The van der Waals surface area contributed by atoms with E-state index in [9.17, 15) is 14.7 Å². The van der Waals surface area contributed by atoms with Crippen molar-refractivity contribution in [1.29, 1.82) is 0 Å². The van der Waals surface area contributed by atoms with Crippen molar-refractivity contribution < 1.29 is 24.2 Å². The Morgan fingerprint density at radius 1 is 1.09 bits per heavy atom. The van der Waals surface area contributed by atoms with Crippen molar-refractivity contribution in [2.75, 3.05) is 13.2 Å². The fourth-order valence-corrected chi connectivity index (χ4v) is 2.11. The summed E-state index contributed by atoms with van der Waals surface area (Å²) in [6.45, 7) is 5.53. The van der Waals surface area contributed by atoms with Crippen LogP contribution in [0.3, 0.4) is 0 Å². The minimum Gasteiger partial charge on any atom is -0.493 e. The second-order valence-corrected chi connectivity index (χ2v) is 4.63. The largest absolute Gasteiger partial charge is 0.493 e. The van der Waals surface area contributed by atoms with Crippen LogP contribution in [-0.4, -0.2) is 35.2 Å². The van der Waals surface area contributed by atoms with Gasteiger partial charge in [-0.15, -0.1) is 0 Å². The van der Waals surface area contributed by atoms with Gasteiger partial charge in [-0.3, -0.25) is 0 Å². The molecule has 0 aliphatic carbocycles. The zero-order valence-corrected chi connectivity index (χ0v) is 12.7. The van der Waals surface area contributed by atoms with Gasteiger partial charge in [-0.1, -0.05) is 0 Å². The van der Waals surface area contributed by atoms with Gasteiger partial charge in [0.2, 0.25) is 5.88 Å². The van der Waals surface area contributed by atoms with Gasteiger partial charge < -0.3 is 14.6 Å². The average Bonchev–Trinajstić information content (AvgIpc) is 2.48. The first-order chi connectivity index (χ1) is 10.5. The van der Waals surface area contributed by atoms with E-state index in [-0.39, 0.29) is 30.2 Å². The zero-order valence-electron chi connectivity index (χ0n) is 12.7. The number of carbonyl (C=O) groups excluding carboxylic acids is 2. The maximum absolute atomic E-state index is 12.0. The lowest BCUT2D eigenvalue weighted by molar-refractivity contribution is 0.0514. The van der Waals surface area contributed by atoms with E-state index in [1.54, 1.807) is 26.8 Å². The first kappa shape index (κ1) is 15.8. The summed E-state index contributed by atoms with van der Waals surface area (Å²) in [5, 5.41) is 10.3. The van der Waals surface area contributed by atoms with E-state index in [4.69, 9.17) is 9.47 Å². The Morgan fingerprint density at radius 3 is 2.23 bits per heavy atom. The second kappa shape index (κ2) is 6.43. The molecule has 2 rings (SSSR count). The number of esters is 2. The summed E-state index contributed by atoms with van der Waals surface area (Å²) >= 11 is 0. The quantitative estimate of drug-likeness (QED) is 0.874. The smallest absolute Gasteiger partial charge is 0.340 e. The highest BCUT2D eigenvalue weighted by Gasteiger charge is 2.20. The number of hydrogen-bond donors (Lipinski definition) is 1. The Hall–Kier alpha value is -2.63. The van der Waals surface area contributed by atoms with Crippen LogP contribution in [0, 0.1) is 6.92 Å². The molecule has 0 amide bonds. The molecule has 0 saturated heterocycles. The van der Waals surface area contributed by atoms with Crippen LogP contribution in [0.5, 0.6) is 5.88 Å². The minimum atomic E-state index is -0.557. The summed E-state index contributed by atoms with van der Waals surface area (Å²) in [7, 11) is 0. The molecule has 22 heavy (non-hydrogen) atoms. The van der Waals surface area contributed by atoms with Crippen LogP contribution >= 0.6 is 0 Å². The van der Waals surface area contributed by atoms with Gasteiger partial charge in [0.25, 0.3) is 0 Å². The van der Waals surface area contributed by atoms with Crippen LogP contribution in [0.25, 0.3) is 10.9 Å².